The van der Waals surface area contributed by atoms with Gasteiger partial charge in [-0.2, -0.15) is 0 Å². The molecule has 5 nitrogen and oxygen atoms in total. The first-order valence-electron chi connectivity index (χ1n) is 8.08. The molecule has 0 saturated heterocycles. The minimum atomic E-state index is -0.932. The van der Waals surface area contributed by atoms with Gasteiger partial charge >= 0.3 is 5.97 Å². The van der Waals surface area contributed by atoms with E-state index in [9.17, 15) is 9.90 Å². The normalized spacial score (nSPS) is 15.7. The maximum Gasteiger partial charge on any atom is 0.335 e. The Morgan fingerprint density at radius 2 is 1.92 bits per heavy atom. The second-order valence-electron chi connectivity index (χ2n) is 5.76. The number of hydrogen-bond acceptors (Lipinski definition) is 4. The van der Waals surface area contributed by atoms with Crippen LogP contribution in [0.1, 0.15) is 27.0 Å². The first kappa shape index (κ1) is 16.5. The van der Waals surface area contributed by atoms with Gasteiger partial charge in [-0.15, -0.1) is 0 Å². The van der Waals surface area contributed by atoms with Crippen LogP contribution in [0.2, 0.25) is 0 Å². The summed E-state index contributed by atoms with van der Waals surface area (Å²) in [7, 11) is 0. The van der Waals surface area contributed by atoms with Gasteiger partial charge in [-0.05, 0) is 34.9 Å². The first-order chi connectivity index (χ1) is 11.7. The van der Waals surface area contributed by atoms with Crippen molar-refractivity contribution in [2.45, 2.75) is 13.0 Å². The number of carbonyl (C=O) groups is 1. The minimum Gasteiger partial charge on any atom is -0.491 e. The molecule has 0 fully saturated rings. The van der Waals surface area contributed by atoms with Gasteiger partial charge in [0.2, 0.25) is 0 Å². The SMILES string of the molecule is O=C(O)c1ccc2c(c1)Cc1cccc(c1)CNCCOCCO2. The molecule has 1 heterocycles. The van der Waals surface area contributed by atoms with Gasteiger partial charge in [-0.25, -0.2) is 4.79 Å². The van der Waals surface area contributed by atoms with Crippen LogP contribution in [0, 0.1) is 0 Å². The summed E-state index contributed by atoms with van der Waals surface area (Å²) in [5, 5.41) is 12.6. The molecule has 2 bridgehead atoms. The Labute approximate surface area is 141 Å². The molecule has 3 rings (SSSR count). The average Bonchev–Trinajstić information content (AvgIpc) is 2.58. The summed E-state index contributed by atoms with van der Waals surface area (Å²) in [5.74, 6) is -0.220. The smallest absolute Gasteiger partial charge is 0.335 e. The predicted octanol–water partition coefficient (Wildman–Crippen LogP) is 2.47. The third kappa shape index (κ3) is 4.34. The van der Waals surface area contributed by atoms with Gasteiger partial charge in [0, 0.05) is 19.5 Å². The summed E-state index contributed by atoms with van der Waals surface area (Å²) in [5.41, 5.74) is 3.47. The molecular formula is C19H21NO4. The summed E-state index contributed by atoms with van der Waals surface area (Å²) < 4.78 is 11.3. The van der Waals surface area contributed by atoms with Gasteiger partial charge in [-0.1, -0.05) is 24.3 Å². The van der Waals surface area contributed by atoms with Crippen molar-refractivity contribution in [3.8, 4) is 5.75 Å². The Balaban J connectivity index is 1.92. The van der Waals surface area contributed by atoms with Gasteiger partial charge in [0.05, 0.1) is 18.8 Å². The van der Waals surface area contributed by atoms with Gasteiger partial charge in [0.15, 0.2) is 0 Å². The second kappa shape index (κ2) is 7.95. The molecule has 2 N–H and O–H groups in total. The molecular weight excluding hydrogens is 306 g/mol. The Bertz CT molecular complexity index is 714. The lowest BCUT2D eigenvalue weighted by Gasteiger charge is -2.15. The molecule has 0 unspecified atom stereocenters. The molecule has 1 aliphatic heterocycles. The highest BCUT2D eigenvalue weighted by Crippen LogP contribution is 2.24. The fourth-order valence-electron chi connectivity index (χ4n) is 2.75. The number of carboxylic acid groups (broad SMARTS) is 1. The molecule has 126 valence electrons. The molecule has 0 aliphatic carbocycles. The van der Waals surface area contributed by atoms with Gasteiger partial charge in [0.1, 0.15) is 12.4 Å². The zero-order valence-electron chi connectivity index (χ0n) is 13.5. The Morgan fingerprint density at radius 3 is 2.79 bits per heavy atom. The monoisotopic (exact) mass is 327 g/mol. The van der Waals surface area contributed by atoms with E-state index >= 15 is 0 Å². The van der Waals surface area contributed by atoms with Crippen LogP contribution in [0.4, 0.5) is 0 Å². The zero-order chi connectivity index (χ0) is 16.8. The molecule has 0 saturated carbocycles. The third-order valence-corrected chi connectivity index (χ3v) is 3.93. The zero-order valence-corrected chi connectivity index (χ0v) is 13.5. The van der Waals surface area contributed by atoms with Crippen LogP contribution >= 0.6 is 0 Å². The van der Waals surface area contributed by atoms with E-state index in [2.05, 4.69) is 23.5 Å². The number of hydrogen-bond donors (Lipinski definition) is 2. The van der Waals surface area contributed by atoms with E-state index in [1.807, 2.05) is 6.07 Å². The highest BCUT2D eigenvalue weighted by molar-refractivity contribution is 5.88. The van der Waals surface area contributed by atoms with Crippen LogP contribution in [0.3, 0.4) is 0 Å². The average molecular weight is 327 g/mol. The lowest BCUT2D eigenvalue weighted by molar-refractivity contribution is 0.0696. The van der Waals surface area contributed by atoms with Crippen molar-refractivity contribution < 1.29 is 19.4 Å². The summed E-state index contributed by atoms with van der Waals surface area (Å²) in [6.45, 7) is 3.17. The Morgan fingerprint density at radius 1 is 1.04 bits per heavy atom. The molecule has 24 heavy (non-hydrogen) atoms. The molecule has 2 aromatic carbocycles. The number of ether oxygens (including phenoxy) is 2. The molecule has 0 radical (unpaired) electrons. The van der Waals surface area contributed by atoms with Crippen molar-refractivity contribution in [1.82, 2.24) is 5.32 Å². The van der Waals surface area contributed by atoms with Crippen LogP contribution in [0.15, 0.2) is 42.5 Å². The van der Waals surface area contributed by atoms with E-state index in [1.54, 1.807) is 18.2 Å². The van der Waals surface area contributed by atoms with E-state index in [1.165, 1.54) is 5.56 Å². The second-order valence-corrected chi connectivity index (χ2v) is 5.76. The van der Waals surface area contributed by atoms with Crippen LogP contribution in [0.25, 0.3) is 0 Å². The predicted molar refractivity (Wildman–Crippen MR) is 90.7 cm³/mol. The highest BCUT2D eigenvalue weighted by atomic mass is 16.5. The van der Waals surface area contributed by atoms with Crippen LogP contribution in [-0.2, 0) is 17.7 Å². The van der Waals surface area contributed by atoms with Crippen molar-refractivity contribution in [1.29, 1.82) is 0 Å². The fourth-order valence-corrected chi connectivity index (χ4v) is 2.75. The quantitative estimate of drug-likeness (QED) is 0.842. The summed E-state index contributed by atoms with van der Waals surface area (Å²) in [4.78, 5) is 11.3. The van der Waals surface area contributed by atoms with Gasteiger partial charge in [-0.3, -0.25) is 0 Å². The summed E-state index contributed by atoms with van der Waals surface area (Å²) in [6.07, 6.45) is 0.630. The van der Waals surface area contributed by atoms with E-state index in [0.29, 0.717) is 32.0 Å². The largest absolute Gasteiger partial charge is 0.491 e. The van der Waals surface area contributed by atoms with Crippen LogP contribution in [0.5, 0.6) is 5.75 Å². The highest BCUT2D eigenvalue weighted by Gasteiger charge is 2.11. The van der Waals surface area contributed by atoms with Gasteiger partial charge < -0.3 is 19.9 Å². The standard InChI is InChI=1S/C19H21NO4/c21-19(22)16-4-5-18-17(12-16)11-14-2-1-3-15(10-14)13-20-6-7-23-8-9-24-18/h1-5,10,12,20H,6-9,11,13H2,(H,21,22). The fraction of sp³-hybridized carbons (Fsp3) is 0.316. The lowest BCUT2D eigenvalue weighted by Crippen LogP contribution is -2.21. The van der Waals surface area contributed by atoms with Crippen molar-refractivity contribution >= 4 is 5.97 Å². The molecule has 0 atom stereocenters. The van der Waals surface area contributed by atoms with Crippen LogP contribution in [-0.4, -0.2) is 37.4 Å². The van der Waals surface area contributed by atoms with Crippen molar-refractivity contribution in [3.63, 3.8) is 0 Å². The molecule has 0 aromatic heterocycles. The molecule has 1 aliphatic rings. The number of fused-ring (bicyclic) bond motifs is 3. The van der Waals surface area contributed by atoms with E-state index < -0.39 is 5.97 Å². The van der Waals surface area contributed by atoms with E-state index in [0.717, 1.165) is 24.2 Å². The number of carboxylic acids is 1. The minimum absolute atomic E-state index is 0.271. The number of aromatic carboxylic acids is 1. The van der Waals surface area contributed by atoms with E-state index in [4.69, 9.17) is 9.47 Å². The molecule has 0 amide bonds. The topological polar surface area (TPSA) is 67.8 Å². The summed E-state index contributed by atoms with van der Waals surface area (Å²) >= 11 is 0. The third-order valence-electron chi connectivity index (χ3n) is 3.93. The van der Waals surface area contributed by atoms with Crippen molar-refractivity contribution in [2.75, 3.05) is 26.4 Å². The van der Waals surface area contributed by atoms with Crippen LogP contribution < -0.4 is 10.1 Å². The molecule has 5 heteroatoms. The first-order valence-corrected chi connectivity index (χ1v) is 8.08. The molecule has 0 spiro atoms. The Kier molecular flexibility index (Phi) is 5.46. The van der Waals surface area contributed by atoms with Crippen molar-refractivity contribution in [2.24, 2.45) is 0 Å². The maximum atomic E-state index is 11.3. The molecule has 2 aromatic rings. The number of benzene rings is 2. The van der Waals surface area contributed by atoms with Gasteiger partial charge in [0.25, 0.3) is 0 Å². The number of rotatable bonds is 1. The maximum absolute atomic E-state index is 11.3. The lowest BCUT2D eigenvalue weighted by atomic mass is 10.00. The Hall–Kier alpha value is -2.37. The number of nitrogens with one attached hydrogen (secondary N) is 1. The van der Waals surface area contributed by atoms with E-state index in [-0.39, 0.29) is 5.56 Å². The summed E-state index contributed by atoms with van der Waals surface area (Å²) in [6, 6.07) is 13.3. The van der Waals surface area contributed by atoms with Crippen molar-refractivity contribution in [3.05, 3.63) is 64.7 Å².